The van der Waals surface area contributed by atoms with Crippen LogP contribution in [-0.2, 0) is 13.0 Å². The molecule has 1 aromatic carbocycles. The fourth-order valence-corrected chi connectivity index (χ4v) is 3.25. The largest absolute Gasteiger partial charge is 0.472 e. The Morgan fingerprint density at radius 1 is 1.22 bits per heavy atom. The molecule has 23 heavy (non-hydrogen) atoms. The van der Waals surface area contributed by atoms with Crippen molar-refractivity contribution >= 4 is 28.8 Å². The molecule has 0 aliphatic heterocycles. The Labute approximate surface area is 144 Å². The Hall–Kier alpha value is -2.04. The zero-order chi connectivity index (χ0) is 16.1. The molecule has 0 atom stereocenters. The SMILES string of the molecule is O=C(c1cccc(Cl)c1)N(CCc1cccs1)Cc1ccoc1. The van der Waals surface area contributed by atoms with Crippen LogP contribution in [-0.4, -0.2) is 17.4 Å². The van der Waals surface area contributed by atoms with E-state index in [-0.39, 0.29) is 5.91 Å². The highest BCUT2D eigenvalue weighted by molar-refractivity contribution is 7.09. The van der Waals surface area contributed by atoms with Crippen LogP contribution in [0.25, 0.3) is 0 Å². The summed E-state index contributed by atoms with van der Waals surface area (Å²) >= 11 is 7.72. The van der Waals surface area contributed by atoms with Crippen molar-refractivity contribution in [3.63, 3.8) is 0 Å². The van der Waals surface area contributed by atoms with Gasteiger partial charge in [0.05, 0.1) is 12.5 Å². The van der Waals surface area contributed by atoms with Gasteiger partial charge < -0.3 is 9.32 Å². The third-order valence-corrected chi connectivity index (χ3v) is 4.69. The smallest absolute Gasteiger partial charge is 0.254 e. The van der Waals surface area contributed by atoms with Crippen molar-refractivity contribution in [2.24, 2.45) is 0 Å². The number of hydrogen-bond acceptors (Lipinski definition) is 3. The van der Waals surface area contributed by atoms with E-state index in [1.807, 2.05) is 17.0 Å². The predicted octanol–water partition coefficient (Wildman–Crippen LogP) is 4.88. The van der Waals surface area contributed by atoms with Gasteiger partial charge in [0.1, 0.15) is 0 Å². The number of halogens is 1. The summed E-state index contributed by atoms with van der Waals surface area (Å²) in [6, 6.07) is 13.1. The molecule has 0 N–H and O–H groups in total. The Kier molecular flexibility index (Phi) is 5.16. The molecule has 0 aliphatic rings. The zero-order valence-electron chi connectivity index (χ0n) is 12.4. The highest BCUT2D eigenvalue weighted by atomic mass is 35.5. The second-order valence-electron chi connectivity index (χ2n) is 5.20. The molecule has 0 saturated heterocycles. The van der Waals surface area contributed by atoms with E-state index in [4.69, 9.17) is 16.0 Å². The molecule has 0 aliphatic carbocycles. The topological polar surface area (TPSA) is 33.5 Å². The Balaban J connectivity index is 1.77. The molecule has 0 radical (unpaired) electrons. The Morgan fingerprint density at radius 2 is 2.13 bits per heavy atom. The number of rotatable bonds is 6. The Bertz CT molecular complexity index is 753. The van der Waals surface area contributed by atoms with Crippen LogP contribution in [0.3, 0.4) is 0 Å². The monoisotopic (exact) mass is 345 g/mol. The van der Waals surface area contributed by atoms with Gasteiger partial charge in [0.2, 0.25) is 0 Å². The van der Waals surface area contributed by atoms with Gasteiger partial charge in [-0.05, 0) is 42.1 Å². The second-order valence-corrected chi connectivity index (χ2v) is 6.67. The molecule has 2 aromatic heterocycles. The minimum Gasteiger partial charge on any atom is -0.472 e. The second kappa shape index (κ2) is 7.49. The lowest BCUT2D eigenvalue weighted by atomic mass is 10.1. The number of carbonyl (C=O) groups excluding carboxylic acids is 1. The first-order chi connectivity index (χ1) is 11.2. The number of thiophene rings is 1. The summed E-state index contributed by atoms with van der Waals surface area (Å²) in [4.78, 5) is 15.9. The van der Waals surface area contributed by atoms with E-state index < -0.39 is 0 Å². The van der Waals surface area contributed by atoms with Gasteiger partial charge in [0.25, 0.3) is 5.91 Å². The number of hydrogen-bond donors (Lipinski definition) is 0. The quantitative estimate of drug-likeness (QED) is 0.638. The van der Waals surface area contributed by atoms with Crippen molar-refractivity contribution in [3.05, 3.63) is 81.4 Å². The zero-order valence-corrected chi connectivity index (χ0v) is 14.0. The average Bonchev–Trinajstić information content (AvgIpc) is 3.24. The van der Waals surface area contributed by atoms with Gasteiger partial charge in [-0.2, -0.15) is 0 Å². The van der Waals surface area contributed by atoms with Gasteiger partial charge in [-0.1, -0.05) is 23.7 Å². The molecule has 0 bridgehead atoms. The average molecular weight is 346 g/mol. The van der Waals surface area contributed by atoms with Crippen molar-refractivity contribution in [2.75, 3.05) is 6.54 Å². The van der Waals surface area contributed by atoms with E-state index in [9.17, 15) is 4.79 Å². The lowest BCUT2D eigenvalue weighted by Gasteiger charge is -2.22. The number of furan rings is 1. The van der Waals surface area contributed by atoms with Gasteiger partial charge in [-0.25, -0.2) is 0 Å². The highest BCUT2D eigenvalue weighted by Crippen LogP contribution is 2.17. The molecule has 3 nitrogen and oxygen atoms in total. The first-order valence-electron chi connectivity index (χ1n) is 7.30. The van der Waals surface area contributed by atoms with Crippen molar-refractivity contribution in [2.45, 2.75) is 13.0 Å². The standard InChI is InChI=1S/C18H16ClNO2S/c19-16-4-1-3-15(11-16)18(21)20(12-14-7-9-22-13-14)8-6-17-5-2-10-23-17/h1-5,7,9-11,13H,6,8,12H2. The molecule has 118 valence electrons. The van der Waals surface area contributed by atoms with Crippen molar-refractivity contribution in [1.82, 2.24) is 4.90 Å². The summed E-state index contributed by atoms with van der Waals surface area (Å²) in [5, 5.41) is 2.62. The molecule has 3 rings (SSSR count). The maximum absolute atomic E-state index is 12.8. The summed E-state index contributed by atoms with van der Waals surface area (Å²) in [7, 11) is 0. The molecule has 0 unspecified atom stereocenters. The molecule has 2 heterocycles. The normalized spacial score (nSPS) is 10.7. The third kappa shape index (κ3) is 4.24. The Morgan fingerprint density at radius 3 is 2.83 bits per heavy atom. The predicted molar refractivity (Wildman–Crippen MR) is 92.9 cm³/mol. The fourth-order valence-electron chi connectivity index (χ4n) is 2.36. The molecular weight excluding hydrogens is 330 g/mol. The van der Waals surface area contributed by atoms with Crippen LogP contribution in [0, 0.1) is 0 Å². The number of carbonyl (C=O) groups is 1. The van der Waals surface area contributed by atoms with Gasteiger partial charge in [-0.15, -0.1) is 11.3 Å². The fraction of sp³-hybridized carbons (Fsp3) is 0.167. The highest BCUT2D eigenvalue weighted by Gasteiger charge is 2.17. The molecule has 0 spiro atoms. The van der Waals surface area contributed by atoms with E-state index in [0.717, 1.165) is 12.0 Å². The summed E-state index contributed by atoms with van der Waals surface area (Å²) in [5.41, 5.74) is 1.58. The van der Waals surface area contributed by atoms with E-state index >= 15 is 0 Å². The van der Waals surface area contributed by atoms with Crippen LogP contribution in [0.5, 0.6) is 0 Å². The maximum Gasteiger partial charge on any atom is 0.254 e. The maximum atomic E-state index is 12.8. The lowest BCUT2D eigenvalue weighted by molar-refractivity contribution is 0.0745. The molecule has 1 amide bonds. The summed E-state index contributed by atoms with van der Waals surface area (Å²) in [6.07, 6.45) is 4.13. The van der Waals surface area contributed by atoms with Crippen LogP contribution in [0.1, 0.15) is 20.8 Å². The summed E-state index contributed by atoms with van der Waals surface area (Å²) in [6.45, 7) is 1.17. The van der Waals surface area contributed by atoms with Gasteiger partial charge in [0, 0.05) is 34.1 Å². The van der Waals surface area contributed by atoms with E-state index in [0.29, 0.717) is 23.7 Å². The van der Waals surface area contributed by atoms with Gasteiger partial charge in [-0.3, -0.25) is 4.79 Å². The van der Waals surface area contributed by atoms with E-state index in [1.54, 1.807) is 48.1 Å². The minimum absolute atomic E-state index is 0.0229. The molecule has 3 aromatic rings. The first kappa shape index (κ1) is 15.8. The molecule has 5 heteroatoms. The van der Waals surface area contributed by atoms with E-state index in [2.05, 4.69) is 11.4 Å². The van der Waals surface area contributed by atoms with E-state index in [1.165, 1.54) is 4.88 Å². The first-order valence-corrected chi connectivity index (χ1v) is 8.56. The number of amides is 1. The molecular formula is C18H16ClNO2S. The summed E-state index contributed by atoms with van der Waals surface area (Å²) in [5.74, 6) is -0.0229. The van der Waals surface area contributed by atoms with Crippen molar-refractivity contribution in [1.29, 1.82) is 0 Å². The van der Waals surface area contributed by atoms with Crippen LogP contribution >= 0.6 is 22.9 Å². The number of nitrogens with zero attached hydrogens (tertiary/aromatic N) is 1. The van der Waals surface area contributed by atoms with Crippen LogP contribution < -0.4 is 0 Å². The lowest BCUT2D eigenvalue weighted by Crippen LogP contribution is -2.32. The van der Waals surface area contributed by atoms with Gasteiger partial charge >= 0.3 is 0 Å². The van der Waals surface area contributed by atoms with Crippen molar-refractivity contribution < 1.29 is 9.21 Å². The molecule has 0 fully saturated rings. The summed E-state index contributed by atoms with van der Waals surface area (Å²) < 4.78 is 5.11. The minimum atomic E-state index is -0.0229. The third-order valence-electron chi connectivity index (χ3n) is 3.52. The van der Waals surface area contributed by atoms with Crippen molar-refractivity contribution in [3.8, 4) is 0 Å². The number of benzene rings is 1. The van der Waals surface area contributed by atoms with Crippen LogP contribution in [0.4, 0.5) is 0 Å². The van der Waals surface area contributed by atoms with Crippen LogP contribution in [0.2, 0.25) is 5.02 Å². The molecule has 0 saturated carbocycles. The van der Waals surface area contributed by atoms with Crippen LogP contribution in [0.15, 0.2) is 64.8 Å². The van der Waals surface area contributed by atoms with Gasteiger partial charge in [0.15, 0.2) is 0 Å².